The molecule has 6 nitrogen and oxygen atoms in total. The van der Waals surface area contributed by atoms with Crippen molar-refractivity contribution in [1.82, 2.24) is 24.3 Å². The zero-order valence-corrected chi connectivity index (χ0v) is 22.9. The maximum atomic E-state index is 6.49. The van der Waals surface area contributed by atoms with E-state index in [9.17, 15) is 0 Å². The van der Waals surface area contributed by atoms with Gasteiger partial charge in [-0.15, -0.1) is 0 Å². The lowest BCUT2D eigenvalue weighted by molar-refractivity contribution is 0.325. The van der Waals surface area contributed by atoms with Gasteiger partial charge in [-0.05, 0) is 63.9 Å². The van der Waals surface area contributed by atoms with Gasteiger partial charge in [0.05, 0.1) is 11.2 Å². The molecular weight excluding hydrogens is 480 g/mol. The molecule has 5 aromatic rings. The van der Waals surface area contributed by atoms with Crippen molar-refractivity contribution in [2.75, 3.05) is 25.4 Å². The summed E-state index contributed by atoms with van der Waals surface area (Å²) in [4.78, 5) is 17.3. The number of rotatable bonds is 10. The first-order valence-corrected chi connectivity index (χ1v) is 14.5. The summed E-state index contributed by atoms with van der Waals surface area (Å²) in [6.45, 7) is 6.03. The molecule has 0 bridgehead atoms. The van der Waals surface area contributed by atoms with Crippen LogP contribution in [-0.4, -0.2) is 43.9 Å². The Kier molecular flexibility index (Phi) is 7.55. The smallest absolute Gasteiger partial charge is 0.150 e. The standard InChI is InChI=1S/C33H38N6/c1-2-10-26(13-6-7-19-38-20-8-9-21-38)33-37-30(31-32(34)35-18-22-39(31)33)27-15-14-25-16-17-28(36-29(25)23-27)24-11-4-3-5-12-24/h3-5,11-12,14-18,22-23,26H,2,6-10,13,19-21H2,1H3,(H2,34,35)/t26-/m0/s1. The van der Waals surface area contributed by atoms with Crippen molar-refractivity contribution in [2.24, 2.45) is 0 Å². The highest BCUT2D eigenvalue weighted by molar-refractivity contribution is 5.91. The van der Waals surface area contributed by atoms with Gasteiger partial charge in [0.15, 0.2) is 0 Å². The second-order valence-electron chi connectivity index (χ2n) is 10.8. The molecule has 1 saturated heterocycles. The van der Waals surface area contributed by atoms with E-state index in [1.54, 1.807) is 6.20 Å². The number of fused-ring (bicyclic) bond motifs is 2. The molecule has 6 heteroatoms. The fourth-order valence-electron chi connectivity index (χ4n) is 6.09. The van der Waals surface area contributed by atoms with E-state index < -0.39 is 0 Å². The van der Waals surface area contributed by atoms with Gasteiger partial charge < -0.3 is 10.6 Å². The van der Waals surface area contributed by atoms with E-state index in [-0.39, 0.29) is 0 Å². The van der Waals surface area contributed by atoms with Crippen LogP contribution >= 0.6 is 0 Å². The van der Waals surface area contributed by atoms with E-state index in [2.05, 4.69) is 63.7 Å². The average Bonchev–Trinajstić information content (AvgIpc) is 3.64. The van der Waals surface area contributed by atoms with Gasteiger partial charge in [-0.1, -0.05) is 68.3 Å². The molecule has 0 saturated carbocycles. The minimum absolute atomic E-state index is 0.389. The molecule has 3 aromatic heterocycles. The number of nitrogens with two attached hydrogens (primary N) is 1. The molecule has 1 aliphatic heterocycles. The largest absolute Gasteiger partial charge is 0.382 e. The molecule has 0 radical (unpaired) electrons. The molecular formula is C33H38N6. The van der Waals surface area contributed by atoms with Crippen LogP contribution in [0, 0.1) is 0 Å². The van der Waals surface area contributed by atoms with Crippen LogP contribution in [-0.2, 0) is 0 Å². The van der Waals surface area contributed by atoms with Gasteiger partial charge in [0.25, 0.3) is 0 Å². The van der Waals surface area contributed by atoms with E-state index >= 15 is 0 Å². The third kappa shape index (κ3) is 5.39. The van der Waals surface area contributed by atoms with E-state index in [4.69, 9.17) is 15.7 Å². The second-order valence-corrected chi connectivity index (χ2v) is 10.8. The van der Waals surface area contributed by atoms with Crippen LogP contribution in [0.3, 0.4) is 0 Å². The zero-order chi connectivity index (χ0) is 26.6. The molecule has 1 fully saturated rings. The highest BCUT2D eigenvalue weighted by Crippen LogP contribution is 2.35. The molecule has 0 unspecified atom stereocenters. The molecule has 39 heavy (non-hydrogen) atoms. The minimum Gasteiger partial charge on any atom is -0.382 e. The molecule has 2 aromatic carbocycles. The van der Waals surface area contributed by atoms with Gasteiger partial charge in [-0.3, -0.25) is 4.40 Å². The summed E-state index contributed by atoms with van der Waals surface area (Å²) in [5.74, 6) is 2.00. The molecule has 1 atom stereocenters. The van der Waals surface area contributed by atoms with Gasteiger partial charge in [0, 0.05) is 34.8 Å². The average molecular weight is 519 g/mol. The lowest BCUT2D eigenvalue weighted by atomic mass is 9.96. The van der Waals surface area contributed by atoms with Gasteiger partial charge in [0.1, 0.15) is 22.9 Å². The molecule has 6 rings (SSSR count). The molecule has 0 spiro atoms. The van der Waals surface area contributed by atoms with Crippen LogP contribution in [0.2, 0.25) is 0 Å². The Labute approximate surface area is 230 Å². The number of hydrogen-bond acceptors (Lipinski definition) is 5. The quantitative estimate of drug-likeness (QED) is 0.196. The van der Waals surface area contributed by atoms with Crippen LogP contribution in [0.5, 0.6) is 0 Å². The fourth-order valence-corrected chi connectivity index (χ4v) is 6.09. The Morgan fingerprint density at radius 1 is 0.897 bits per heavy atom. The maximum absolute atomic E-state index is 6.49. The molecule has 0 amide bonds. The molecule has 4 heterocycles. The summed E-state index contributed by atoms with van der Waals surface area (Å²) in [6.07, 6.45) is 12.4. The number of imidazole rings is 1. The Bertz CT molecular complexity index is 1550. The van der Waals surface area contributed by atoms with Crippen LogP contribution < -0.4 is 5.73 Å². The Morgan fingerprint density at radius 2 is 1.72 bits per heavy atom. The molecule has 200 valence electrons. The summed E-state index contributed by atoms with van der Waals surface area (Å²) in [6, 6.07) is 20.9. The van der Waals surface area contributed by atoms with Crippen LogP contribution in [0.1, 0.15) is 63.6 Å². The van der Waals surface area contributed by atoms with Crippen molar-refractivity contribution in [3.63, 3.8) is 0 Å². The number of unbranched alkanes of at least 4 members (excludes halogenated alkanes) is 1. The lowest BCUT2D eigenvalue weighted by Crippen LogP contribution is -2.20. The van der Waals surface area contributed by atoms with Gasteiger partial charge in [0.2, 0.25) is 0 Å². The highest BCUT2D eigenvalue weighted by Gasteiger charge is 2.22. The summed E-state index contributed by atoms with van der Waals surface area (Å²) >= 11 is 0. The molecule has 0 aliphatic carbocycles. The monoisotopic (exact) mass is 518 g/mol. The fraction of sp³-hybridized carbons (Fsp3) is 0.364. The van der Waals surface area contributed by atoms with Crippen molar-refractivity contribution in [3.8, 4) is 22.5 Å². The number of benzene rings is 2. The maximum Gasteiger partial charge on any atom is 0.150 e. The predicted molar refractivity (Wildman–Crippen MR) is 161 cm³/mol. The van der Waals surface area contributed by atoms with Crippen molar-refractivity contribution in [1.29, 1.82) is 0 Å². The number of likely N-dealkylation sites (tertiary alicyclic amines) is 1. The minimum atomic E-state index is 0.389. The Morgan fingerprint density at radius 3 is 2.54 bits per heavy atom. The third-order valence-electron chi connectivity index (χ3n) is 8.12. The number of pyridine rings is 1. The van der Waals surface area contributed by atoms with Crippen molar-refractivity contribution in [2.45, 2.75) is 57.8 Å². The number of anilines is 1. The van der Waals surface area contributed by atoms with Gasteiger partial charge in [-0.25, -0.2) is 15.0 Å². The number of nitrogens with zero attached hydrogens (tertiary/aromatic N) is 5. The summed E-state index contributed by atoms with van der Waals surface area (Å²) in [7, 11) is 0. The number of hydrogen-bond donors (Lipinski definition) is 1. The summed E-state index contributed by atoms with van der Waals surface area (Å²) in [5, 5.41) is 1.11. The van der Waals surface area contributed by atoms with E-state index in [0.717, 1.165) is 64.0 Å². The summed E-state index contributed by atoms with van der Waals surface area (Å²) in [5.41, 5.74) is 12.3. The first kappa shape index (κ1) is 25.5. The van der Waals surface area contributed by atoms with Gasteiger partial charge >= 0.3 is 0 Å². The SMILES string of the molecule is CCC[C@@H](CCCCN1CCCC1)c1nc(-c2ccc3ccc(-c4ccccc4)nc3c2)c2c(N)nccn12. The third-order valence-corrected chi connectivity index (χ3v) is 8.12. The van der Waals surface area contributed by atoms with Crippen molar-refractivity contribution < 1.29 is 0 Å². The van der Waals surface area contributed by atoms with Crippen molar-refractivity contribution in [3.05, 3.63) is 78.9 Å². The first-order chi connectivity index (χ1) is 19.2. The van der Waals surface area contributed by atoms with Gasteiger partial charge in [-0.2, -0.15) is 0 Å². The summed E-state index contributed by atoms with van der Waals surface area (Å²) < 4.78 is 2.19. The first-order valence-electron chi connectivity index (χ1n) is 14.5. The van der Waals surface area contributed by atoms with Crippen LogP contribution in [0.15, 0.2) is 73.1 Å². The Hall–Kier alpha value is -3.77. The number of nitrogen functional groups attached to an aromatic ring is 1. The Balaban J connectivity index is 1.34. The lowest BCUT2D eigenvalue weighted by Gasteiger charge is -2.17. The predicted octanol–water partition coefficient (Wildman–Crippen LogP) is 7.34. The normalized spacial score (nSPS) is 14.9. The molecule has 1 aliphatic rings. The zero-order valence-electron chi connectivity index (χ0n) is 22.9. The second kappa shape index (κ2) is 11.5. The van der Waals surface area contributed by atoms with E-state index in [1.807, 2.05) is 24.4 Å². The molecule has 2 N–H and O–H groups in total. The van der Waals surface area contributed by atoms with E-state index in [0.29, 0.717) is 11.7 Å². The highest BCUT2D eigenvalue weighted by atomic mass is 15.1. The topological polar surface area (TPSA) is 72.3 Å². The van der Waals surface area contributed by atoms with E-state index in [1.165, 1.54) is 45.3 Å². The number of aromatic nitrogens is 4. The van der Waals surface area contributed by atoms with Crippen LogP contribution in [0.25, 0.3) is 38.9 Å². The van der Waals surface area contributed by atoms with Crippen molar-refractivity contribution >= 4 is 22.2 Å². The van der Waals surface area contributed by atoms with Crippen LogP contribution in [0.4, 0.5) is 5.82 Å².